The summed E-state index contributed by atoms with van der Waals surface area (Å²) in [6.07, 6.45) is 0. The lowest BCUT2D eigenvalue weighted by molar-refractivity contribution is 0.338. The topological polar surface area (TPSA) is 9.23 Å². The SMILES string of the molecule is Cc1c[c]cc(C)c1OCCCl. The molecule has 12 heavy (non-hydrogen) atoms. The zero-order valence-electron chi connectivity index (χ0n) is 7.36. The zero-order valence-corrected chi connectivity index (χ0v) is 8.11. The van der Waals surface area contributed by atoms with E-state index in [2.05, 4.69) is 6.07 Å². The first-order chi connectivity index (χ1) is 5.75. The molecule has 1 aromatic rings. The second kappa shape index (κ2) is 4.36. The molecule has 0 heterocycles. The molecule has 0 aromatic heterocycles. The van der Waals surface area contributed by atoms with Gasteiger partial charge in [-0.2, -0.15) is 0 Å². The molecule has 0 aliphatic rings. The summed E-state index contributed by atoms with van der Waals surface area (Å²) in [6, 6.07) is 6.86. The number of rotatable bonds is 3. The summed E-state index contributed by atoms with van der Waals surface area (Å²) in [4.78, 5) is 0. The van der Waals surface area contributed by atoms with Crippen LogP contribution in [0.15, 0.2) is 12.1 Å². The molecule has 0 saturated heterocycles. The lowest BCUT2D eigenvalue weighted by Gasteiger charge is -2.09. The lowest BCUT2D eigenvalue weighted by atomic mass is 10.1. The van der Waals surface area contributed by atoms with Gasteiger partial charge in [-0.15, -0.1) is 11.6 Å². The summed E-state index contributed by atoms with van der Waals surface area (Å²) in [7, 11) is 0. The van der Waals surface area contributed by atoms with Gasteiger partial charge in [0.1, 0.15) is 12.4 Å². The quantitative estimate of drug-likeness (QED) is 0.655. The number of aryl methyl sites for hydroxylation is 2. The van der Waals surface area contributed by atoms with E-state index in [0.29, 0.717) is 12.5 Å². The van der Waals surface area contributed by atoms with Crippen LogP contribution in [0.4, 0.5) is 0 Å². The van der Waals surface area contributed by atoms with Crippen molar-refractivity contribution >= 4 is 11.6 Å². The third kappa shape index (κ3) is 2.15. The Bertz CT molecular complexity index is 238. The Morgan fingerprint density at radius 3 is 2.42 bits per heavy atom. The molecule has 1 rings (SSSR count). The van der Waals surface area contributed by atoms with Crippen molar-refractivity contribution in [2.75, 3.05) is 12.5 Å². The smallest absolute Gasteiger partial charge is 0.125 e. The van der Waals surface area contributed by atoms with Gasteiger partial charge in [0, 0.05) is 0 Å². The molecule has 1 aromatic carbocycles. The van der Waals surface area contributed by atoms with E-state index in [-0.39, 0.29) is 0 Å². The number of halogens is 1. The van der Waals surface area contributed by atoms with E-state index in [1.165, 1.54) is 0 Å². The molecular weight excluding hydrogens is 172 g/mol. The molecule has 0 unspecified atom stereocenters. The Balaban J connectivity index is 2.81. The van der Waals surface area contributed by atoms with Gasteiger partial charge in [-0.3, -0.25) is 0 Å². The maximum atomic E-state index is 5.52. The van der Waals surface area contributed by atoms with E-state index in [1.54, 1.807) is 0 Å². The highest BCUT2D eigenvalue weighted by Crippen LogP contribution is 2.21. The van der Waals surface area contributed by atoms with Gasteiger partial charge in [-0.1, -0.05) is 0 Å². The van der Waals surface area contributed by atoms with Crippen LogP contribution in [0.25, 0.3) is 0 Å². The maximum Gasteiger partial charge on any atom is 0.125 e. The Hall–Kier alpha value is -0.690. The summed E-state index contributed by atoms with van der Waals surface area (Å²) in [5.41, 5.74) is 2.22. The van der Waals surface area contributed by atoms with Gasteiger partial charge in [-0.25, -0.2) is 0 Å². The predicted molar refractivity (Wildman–Crippen MR) is 51.0 cm³/mol. The highest BCUT2D eigenvalue weighted by molar-refractivity contribution is 6.18. The average Bonchev–Trinajstić information content (AvgIpc) is 2.04. The molecule has 0 atom stereocenters. The fraction of sp³-hybridized carbons (Fsp3) is 0.400. The van der Waals surface area contributed by atoms with Crippen molar-refractivity contribution in [3.8, 4) is 5.75 Å². The van der Waals surface area contributed by atoms with Gasteiger partial charge < -0.3 is 4.74 Å². The molecule has 2 heteroatoms. The van der Waals surface area contributed by atoms with Crippen molar-refractivity contribution in [3.63, 3.8) is 0 Å². The van der Waals surface area contributed by atoms with Gasteiger partial charge in [-0.05, 0) is 43.2 Å². The Labute approximate surface area is 78.3 Å². The Kier molecular flexibility index (Phi) is 3.42. The average molecular weight is 184 g/mol. The summed E-state index contributed by atoms with van der Waals surface area (Å²) >= 11 is 5.52. The zero-order chi connectivity index (χ0) is 8.97. The minimum absolute atomic E-state index is 0.525. The van der Waals surface area contributed by atoms with Crippen LogP contribution in [0, 0.1) is 19.9 Å². The molecule has 65 valence electrons. The molecule has 0 aliphatic heterocycles. The third-order valence-corrected chi connectivity index (χ3v) is 1.79. The number of benzene rings is 1. The Morgan fingerprint density at radius 2 is 1.92 bits per heavy atom. The van der Waals surface area contributed by atoms with Crippen molar-refractivity contribution < 1.29 is 4.74 Å². The molecule has 0 aliphatic carbocycles. The largest absolute Gasteiger partial charge is 0.492 e. The van der Waals surface area contributed by atoms with Crippen molar-refractivity contribution in [2.24, 2.45) is 0 Å². The first-order valence-electron chi connectivity index (χ1n) is 3.91. The first kappa shape index (κ1) is 9.40. The molecule has 1 radical (unpaired) electrons. The van der Waals surface area contributed by atoms with Gasteiger partial charge in [0.05, 0.1) is 5.88 Å². The minimum Gasteiger partial charge on any atom is -0.492 e. The summed E-state index contributed by atoms with van der Waals surface area (Å²) < 4.78 is 5.46. The van der Waals surface area contributed by atoms with Gasteiger partial charge in [0.15, 0.2) is 0 Å². The van der Waals surface area contributed by atoms with Crippen molar-refractivity contribution in [2.45, 2.75) is 13.8 Å². The molecule has 0 fully saturated rings. The molecule has 0 amide bonds. The molecule has 1 nitrogen and oxygen atoms in total. The number of ether oxygens (including phenoxy) is 1. The minimum atomic E-state index is 0.525. The predicted octanol–water partition coefficient (Wildman–Crippen LogP) is 2.72. The Morgan fingerprint density at radius 1 is 1.33 bits per heavy atom. The number of hydrogen-bond acceptors (Lipinski definition) is 1. The van der Waals surface area contributed by atoms with Gasteiger partial charge in [0.25, 0.3) is 0 Å². The maximum absolute atomic E-state index is 5.52. The second-order valence-corrected chi connectivity index (χ2v) is 3.07. The molecule has 0 spiro atoms. The van der Waals surface area contributed by atoms with E-state index >= 15 is 0 Å². The van der Waals surface area contributed by atoms with Crippen LogP contribution in [0.1, 0.15) is 11.1 Å². The molecule has 0 saturated carbocycles. The van der Waals surface area contributed by atoms with Crippen LogP contribution >= 0.6 is 11.6 Å². The van der Waals surface area contributed by atoms with E-state index in [1.807, 2.05) is 26.0 Å². The van der Waals surface area contributed by atoms with Crippen LogP contribution in [0.3, 0.4) is 0 Å². The summed E-state index contributed by atoms with van der Waals surface area (Å²) in [5.74, 6) is 1.46. The lowest BCUT2D eigenvalue weighted by Crippen LogP contribution is -2.01. The third-order valence-electron chi connectivity index (χ3n) is 1.64. The summed E-state index contributed by atoms with van der Waals surface area (Å²) in [5, 5.41) is 0. The van der Waals surface area contributed by atoms with Crippen molar-refractivity contribution in [1.82, 2.24) is 0 Å². The fourth-order valence-electron chi connectivity index (χ4n) is 1.10. The van der Waals surface area contributed by atoms with Crippen molar-refractivity contribution in [1.29, 1.82) is 0 Å². The fourth-order valence-corrected chi connectivity index (χ4v) is 1.18. The van der Waals surface area contributed by atoms with Crippen molar-refractivity contribution in [3.05, 3.63) is 29.3 Å². The molecule has 0 bridgehead atoms. The highest BCUT2D eigenvalue weighted by atomic mass is 35.5. The second-order valence-electron chi connectivity index (χ2n) is 2.69. The normalized spacial score (nSPS) is 9.92. The first-order valence-corrected chi connectivity index (χ1v) is 4.45. The van der Waals surface area contributed by atoms with E-state index in [9.17, 15) is 0 Å². The monoisotopic (exact) mass is 183 g/mol. The van der Waals surface area contributed by atoms with Gasteiger partial charge in [0.2, 0.25) is 0 Å². The van der Waals surface area contributed by atoms with Gasteiger partial charge >= 0.3 is 0 Å². The highest BCUT2D eigenvalue weighted by Gasteiger charge is 2.01. The van der Waals surface area contributed by atoms with E-state index in [4.69, 9.17) is 16.3 Å². The van der Waals surface area contributed by atoms with E-state index < -0.39 is 0 Å². The number of alkyl halides is 1. The van der Waals surface area contributed by atoms with Crippen LogP contribution in [0.2, 0.25) is 0 Å². The summed E-state index contributed by atoms with van der Waals surface area (Å²) in [6.45, 7) is 4.58. The molecular formula is C10H12ClO. The van der Waals surface area contributed by atoms with Crippen LogP contribution < -0.4 is 4.74 Å². The molecule has 0 N–H and O–H groups in total. The van der Waals surface area contributed by atoms with Crippen LogP contribution in [0.5, 0.6) is 5.75 Å². The number of hydrogen-bond donors (Lipinski definition) is 0. The van der Waals surface area contributed by atoms with E-state index in [0.717, 1.165) is 16.9 Å². The standard InChI is InChI=1S/C10H12ClO/c1-8-4-3-5-9(2)10(8)12-7-6-11/h4-5H,6-7H2,1-2H3. The van der Waals surface area contributed by atoms with Crippen LogP contribution in [-0.4, -0.2) is 12.5 Å². The van der Waals surface area contributed by atoms with Crippen LogP contribution in [-0.2, 0) is 0 Å².